The minimum absolute atomic E-state index is 0.167. The quantitative estimate of drug-likeness (QED) is 0.802. The molecular formula is C18H16N2O4. The summed E-state index contributed by atoms with van der Waals surface area (Å²) in [7, 11) is 0. The fourth-order valence-corrected chi connectivity index (χ4v) is 2.88. The summed E-state index contributed by atoms with van der Waals surface area (Å²) < 4.78 is 12.9. The molecule has 6 nitrogen and oxygen atoms in total. The van der Waals surface area contributed by atoms with Gasteiger partial charge in [0.05, 0.1) is 11.0 Å². The number of nitrogens with zero attached hydrogens (tertiary/aromatic N) is 2. The predicted molar refractivity (Wildman–Crippen MR) is 88.5 cm³/mol. The van der Waals surface area contributed by atoms with Crippen molar-refractivity contribution in [3.63, 3.8) is 0 Å². The molecule has 0 saturated carbocycles. The number of carboxylic acid groups (broad SMARTS) is 1. The number of benzene rings is 2. The highest BCUT2D eigenvalue weighted by Gasteiger charge is 2.20. The van der Waals surface area contributed by atoms with Crippen LogP contribution >= 0.6 is 0 Å². The van der Waals surface area contributed by atoms with Crippen LogP contribution < -0.4 is 9.47 Å². The molecule has 4 rings (SSSR count). The van der Waals surface area contributed by atoms with Gasteiger partial charge < -0.3 is 19.1 Å². The first kappa shape index (κ1) is 14.6. The van der Waals surface area contributed by atoms with Gasteiger partial charge >= 0.3 is 5.97 Å². The lowest BCUT2D eigenvalue weighted by molar-refractivity contribution is -0.137. The summed E-state index contributed by atoms with van der Waals surface area (Å²) in [6.45, 7) is 2.82. The maximum Gasteiger partial charge on any atom is 0.323 e. The van der Waals surface area contributed by atoms with Crippen molar-refractivity contribution >= 4 is 17.0 Å². The summed E-state index contributed by atoms with van der Waals surface area (Å²) in [6.07, 6.45) is 0. The Hall–Kier alpha value is -3.02. The Labute approximate surface area is 138 Å². The molecule has 0 amide bonds. The van der Waals surface area contributed by atoms with Crippen LogP contribution in [0.4, 0.5) is 0 Å². The Bertz CT molecular complexity index is 928. The Balaban J connectivity index is 1.94. The number of hydrogen-bond donors (Lipinski definition) is 1. The van der Waals surface area contributed by atoms with E-state index in [-0.39, 0.29) is 6.54 Å². The van der Waals surface area contributed by atoms with Crippen molar-refractivity contribution in [2.45, 2.75) is 13.5 Å². The molecule has 2 heterocycles. The van der Waals surface area contributed by atoms with E-state index in [2.05, 4.69) is 4.98 Å². The normalized spacial score (nSPS) is 13.2. The first-order valence-corrected chi connectivity index (χ1v) is 7.70. The standard InChI is InChI=1S/C18H16N2O4/c1-11-2-4-12(5-3-11)18-19-13-8-15-16(24-7-6-23-15)9-14(13)20(18)10-17(21)22/h2-5,8-9H,6-7,10H2,1H3,(H,21,22). The number of hydrogen-bond acceptors (Lipinski definition) is 4. The van der Waals surface area contributed by atoms with Gasteiger partial charge in [0.1, 0.15) is 25.6 Å². The highest BCUT2D eigenvalue weighted by molar-refractivity contribution is 5.86. The molecule has 24 heavy (non-hydrogen) atoms. The molecule has 0 atom stereocenters. The summed E-state index contributed by atoms with van der Waals surface area (Å²) in [5.74, 6) is 0.965. The van der Waals surface area contributed by atoms with Crippen LogP contribution in [0, 0.1) is 6.92 Å². The first-order chi connectivity index (χ1) is 11.6. The smallest absolute Gasteiger partial charge is 0.323 e. The van der Waals surface area contributed by atoms with Crippen LogP contribution in [0.1, 0.15) is 5.56 Å². The van der Waals surface area contributed by atoms with Crippen molar-refractivity contribution in [2.75, 3.05) is 13.2 Å². The summed E-state index contributed by atoms with van der Waals surface area (Å²) in [4.78, 5) is 16.0. The van der Waals surface area contributed by atoms with Crippen molar-refractivity contribution in [2.24, 2.45) is 0 Å². The number of fused-ring (bicyclic) bond motifs is 2. The third kappa shape index (κ3) is 2.46. The van der Waals surface area contributed by atoms with Crippen molar-refractivity contribution < 1.29 is 19.4 Å². The SMILES string of the molecule is Cc1ccc(-c2nc3cc4c(cc3n2CC(=O)O)OCCO4)cc1. The van der Waals surface area contributed by atoms with Gasteiger partial charge in [-0.1, -0.05) is 29.8 Å². The van der Waals surface area contributed by atoms with Gasteiger partial charge in [-0.3, -0.25) is 4.79 Å². The highest BCUT2D eigenvalue weighted by atomic mass is 16.6. The van der Waals surface area contributed by atoms with Crippen LogP contribution in [-0.4, -0.2) is 33.8 Å². The van der Waals surface area contributed by atoms with E-state index < -0.39 is 5.97 Å². The minimum Gasteiger partial charge on any atom is -0.486 e. The monoisotopic (exact) mass is 324 g/mol. The summed E-state index contributed by atoms with van der Waals surface area (Å²) in [5.41, 5.74) is 3.42. The second-order valence-electron chi connectivity index (χ2n) is 5.77. The van der Waals surface area contributed by atoms with Gasteiger partial charge in [0, 0.05) is 17.7 Å². The largest absolute Gasteiger partial charge is 0.486 e. The van der Waals surface area contributed by atoms with Crippen LogP contribution in [0.3, 0.4) is 0 Å². The molecule has 0 saturated heterocycles. The zero-order valence-corrected chi connectivity index (χ0v) is 13.2. The van der Waals surface area contributed by atoms with E-state index in [1.807, 2.05) is 31.2 Å². The molecule has 1 aromatic heterocycles. The lowest BCUT2D eigenvalue weighted by Gasteiger charge is -2.18. The molecule has 122 valence electrons. The number of carbonyl (C=O) groups is 1. The van der Waals surface area contributed by atoms with E-state index in [1.54, 1.807) is 16.7 Å². The van der Waals surface area contributed by atoms with Crippen molar-refractivity contribution in [3.8, 4) is 22.9 Å². The predicted octanol–water partition coefficient (Wildman–Crippen LogP) is 2.87. The number of ether oxygens (including phenoxy) is 2. The van der Waals surface area contributed by atoms with Crippen molar-refractivity contribution in [1.29, 1.82) is 0 Å². The van der Waals surface area contributed by atoms with E-state index in [1.165, 1.54) is 0 Å². The van der Waals surface area contributed by atoms with E-state index in [4.69, 9.17) is 9.47 Å². The zero-order valence-electron chi connectivity index (χ0n) is 13.2. The van der Waals surface area contributed by atoms with Crippen LogP contribution in [0.2, 0.25) is 0 Å². The maximum absolute atomic E-state index is 11.3. The van der Waals surface area contributed by atoms with Crippen LogP contribution in [0.25, 0.3) is 22.4 Å². The lowest BCUT2D eigenvalue weighted by atomic mass is 10.1. The third-order valence-corrected chi connectivity index (χ3v) is 4.02. The minimum atomic E-state index is -0.919. The fraction of sp³-hybridized carbons (Fsp3) is 0.222. The van der Waals surface area contributed by atoms with E-state index in [9.17, 15) is 9.90 Å². The number of rotatable bonds is 3. The molecule has 0 bridgehead atoms. The Morgan fingerprint density at radius 2 is 1.83 bits per heavy atom. The van der Waals surface area contributed by atoms with Gasteiger partial charge in [-0.2, -0.15) is 0 Å². The first-order valence-electron chi connectivity index (χ1n) is 7.70. The molecule has 0 fully saturated rings. The number of aromatic nitrogens is 2. The second-order valence-corrected chi connectivity index (χ2v) is 5.77. The van der Waals surface area contributed by atoms with Gasteiger partial charge in [-0.25, -0.2) is 4.98 Å². The lowest BCUT2D eigenvalue weighted by Crippen LogP contribution is -2.15. The average Bonchev–Trinajstić information content (AvgIpc) is 2.90. The Morgan fingerprint density at radius 1 is 1.17 bits per heavy atom. The molecule has 2 aromatic carbocycles. The average molecular weight is 324 g/mol. The summed E-state index contributed by atoms with van der Waals surface area (Å²) >= 11 is 0. The van der Waals surface area contributed by atoms with Crippen LogP contribution in [0.5, 0.6) is 11.5 Å². The van der Waals surface area contributed by atoms with Gasteiger partial charge in [-0.05, 0) is 6.92 Å². The van der Waals surface area contributed by atoms with E-state index >= 15 is 0 Å². The molecule has 0 radical (unpaired) electrons. The molecule has 1 aliphatic heterocycles. The maximum atomic E-state index is 11.3. The molecule has 6 heteroatoms. The fourth-order valence-electron chi connectivity index (χ4n) is 2.88. The molecular weight excluding hydrogens is 308 g/mol. The molecule has 1 N–H and O–H groups in total. The van der Waals surface area contributed by atoms with E-state index in [0.29, 0.717) is 36.1 Å². The molecule has 3 aromatic rings. The zero-order chi connectivity index (χ0) is 16.7. The second kappa shape index (κ2) is 5.56. The van der Waals surface area contributed by atoms with Crippen molar-refractivity contribution in [1.82, 2.24) is 9.55 Å². The van der Waals surface area contributed by atoms with Gasteiger partial charge in [0.2, 0.25) is 0 Å². The van der Waals surface area contributed by atoms with Gasteiger partial charge in [0.25, 0.3) is 0 Å². The topological polar surface area (TPSA) is 73.6 Å². The number of carboxylic acids is 1. The molecule has 0 aliphatic carbocycles. The number of imidazole rings is 1. The molecule has 0 unspecified atom stereocenters. The van der Waals surface area contributed by atoms with Gasteiger partial charge in [0.15, 0.2) is 11.5 Å². The highest BCUT2D eigenvalue weighted by Crippen LogP contribution is 2.36. The molecule has 0 spiro atoms. The Kier molecular flexibility index (Phi) is 3.37. The third-order valence-electron chi connectivity index (χ3n) is 4.02. The van der Waals surface area contributed by atoms with Crippen molar-refractivity contribution in [3.05, 3.63) is 42.0 Å². The van der Waals surface area contributed by atoms with Crippen LogP contribution in [-0.2, 0) is 11.3 Å². The summed E-state index contributed by atoms with van der Waals surface area (Å²) in [5, 5.41) is 9.29. The summed E-state index contributed by atoms with van der Waals surface area (Å²) in [6, 6.07) is 11.5. The molecule has 1 aliphatic rings. The Morgan fingerprint density at radius 3 is 2.50 bits per heavy atom. The number of aliphatic carboxylic acids is 1. The van der Waals surface area contributed by atoms with Gasteiger partial charge in [-0.15, -0.1) is 0 Å². The van der Waals surface area contributed by atoms with E-state index in [0.717, 1.165) is 16.6 Å². The number of aryl methyl sites for hydroxylation is 1. The van der Waals surface area contributed by atoms with Crippen LogP contribution in [0.15, 0.2) is 36.4 Å².